The molecule has 241 valence electrons. The van der Waals surface area contributed by atoms with Crippen LogP contribution >= 0.6 is 0 Å². The molecule has 0 aliphatic carbocycles. The summed E-state index contributed by atoms with van der Waals surface area (Å²) in [5, 5.41) is 0. The van der Waals surface area contributed by atoms with Crippen LogP contribution in [-0.2, 0) is 59.8 Å². The van der Waals surface area contributed by atoms with E-state index >= 15 is 0 Å². The summed E-state index contributed by atoms with van der Waals surface area (Å²) in [6, 6.07) is 16.2. The van der Waals surface area contributed by atoms with E-state index in [1.165, 1.54) is 0 Å². The molecule has 0 aliphatic rings. The SMILES string of the molecule is O.O.O.O.O.O.O=S(=O)([O-])[O-].O=S(=O)([O-])[O-].[Cu+2].[OH3+].[OH3+].[OH3+].[OH3+].c1ccc2[nH+]c[nH]c2c1.c1ccc2[nH+]c[nH]c2c1. The van der Waals surface area contributed by atoms with E-state index in [9.17, 15) is 0 Å². The van der Waals surface area contributed by atoms with Crippen LogP contribution in [0.4, 0.5) is 0 Å². The van der Waals surface area contributed by atoms with Crippen molar-refractivity contribution in [1.29, 1.82) is 0 Å². The zero-order valence-electron chi connectivity index (χ0n) is 19.5. The number of nitrogens with one attached hydrogen (secondary N) is 4. The van der Waals surface area contributed by atoms with E-state index in [4.69, 9.17) is 35.0 Å². The van der Waals surface area contributed by atoms with Gasteiger partial charge >= 0.3 is 17.1 Å². The van der Waals surface area contributed by atoms with Gasteiger partial charge in [-0.05, 0) is 24.3 Å². The Labute approximate surface area is 230 Å². The van der Waals surface area contributed by atoms with E-state index in [0.717, 1.165) is 22.1 Å². The van der Waals surface area contributed by atoms with Gasteiger partial charge in [0.05, 0.1) is 0 Å². The Bertz CT molecular complexity index is 1050. The molecular weight excluding hydrogens is 640 g/mol. The van der Waals surface area contributed by atoms with Gasteiger partial charge in [0, 0.05) is 20.8 Å². The first-order valence-electron chi connectivity index (χ1n) is 7.14. The minimum atomic E-state index is -5.17. The third kappa shape index (κ3) is 39.9. The van der Waals surface area contributed by atoms with E-state index < -0.39 is 20.8 Å². The summed E-state index contributed by atoms with van der Waals surface area (Å²) < 4.78 is 68.2. The van der Waals surface area contributed by atoms with E-state index in [2.05, 4.69) is 19.9 Å². The van der Waals surface area contributed by atoms with Gasteiger partial charge < -0.3 is 73.0 Å². The van der Waals surface area contributed by atoms with Crippen molar-refractivity contribution in [3.05, 3.63) is 61.2 Å². The Morgan fingerprint density at radius 3 is 0.923 bits per heavy atom. The average molecular weight is 678 g/mol. The molecule has 0 fully saturated rings. The van der Waals surface area contributed by atoms with Crippen molar-refractivity contribution < 1.29 is 117 Å². The third-order valence-electron chi connectivity index (χ3n) is 2.76. The zero-order chi connectivity index (χ0) is 21.2. The first-order chi connectivity index (χ1) is 12.9. The fourth-order valence-electron chi connectivity index (χ4n) is 1.85. The summed E-state index contributed by atoms with van der Waals surface area (Å²) in [7, 11) is -10.3. The van der Waals surface area contributed by atoms with E-state index in [-0.39, 0.29) is 71.8 Å². The number of H-pyrrole nitrogens is 4. The minimum Gasteiger partial charge on any atom is -0.759 e. The van der Waals surface area contributed by atoms with E-state index in [1.54, 1.807) is 0 Å². The van der Waals surface area contributed by atoms with Crippen molar-refractivity contribution in [3.8, 4) is 0 Å². The topological polar surface area (TPSA) is 541 Å². The van der Waals surface area contributed by atoms with Crippen molar-refractivity contribution in [3.63, 3.8) is 0 Å². The van der Waals surface area contributed by atoms with Crippen LogP contribution in [0.25, 0.3) is 22.1 Å². The quantitative estimate of drug-likeness (QED) is 0.0776. The maximum absolute atomic E-state index is 8.52. The van der Waals surface area contributed by atoms with Crippen molar-refractivity contribution in [2.45, 2.75) is 0 Å². The summed E-state index contributed by atoms with van der Waals surface area (Å²) in [6.07, 6.45) is 3.65. The number of aromatic amines is 4. The van der Waals surface area contributed by atoms with Gasteiger partial charge in [-0.15, -0.1) is 0 Å². The molecule has 4 aromatic rings. The molecule has 0 amide bonds. The Morgan fingerprint density at radius 2 is 0.718 bits per heavy atom. The second kappa shape index (κ2) is 33.3. The molecule has 0 unspecified atom stereocenters. The summed E-state index contributed by atoms with van der Waals surface area (Å²) in [6.45, 7) is 0. The van der Waals surface area contributed by atoms with Gasteiger partial charge in [0.1, 0.15) is 0 Å². The predicted octanol–water partition coefficient (Wildman–Crippen LogP) is -9.35. The maximum Gasteiger partial charge on any atom is 2.00 e. The molecule has 0 bridgehead atoms. The van der Waals surface area contributed by atoms with Crippen LogP contribution in [0.2, 0.25) is 0 Å². The first-order valence-corrected chi connectivity index (χ1v) is 9.81. The van der Waals surface area contributed by atoms with Gasteiger partial charge in [0.15, 0.2) is 22.1 Å². The molecule has 25 heteroatoms. The van der Waals surface area contributed by atoms with Crippen molar-refractivity contribution in [2.24, 2.45) is 0 Å². The van der Waals surface area contributed by atoms with Crippen LogP contribution in [0.5, 0.6) is 0 Å². The molecule has 39 heavy (non-hydrogen) atoms. The molecule has 28 N–H and O–H groups in total. The van der Waals surface area contributed by atoms with E-state index in [1.807, 2.05) is 61.2 Å². The van der Waals surface area contributed by atoms with Gasteiger partial charge in [-0.25, -0.2) is 19.9 Å². The second-order valence-corrected chi connectivity index (χ2v) is 6.41. The number of imidazole rings is 2. The monoisotopic (exact) mass is 677 g/mol. The molecule has 22 nitrogen and oxygen atoms in total. The number of hydrogen-bond acceptors (Lipinski definition) is 8. The Balaban J connectivity index is -0.0000000281. The largest absolute Gasteiger partial charge is 2.00 e. The molecule has 0 spiro atoms. The molecular formula is C14H38CuN4O18S2+4. The molecule has 1 radical (unpaired) electrons. The van der Waals surface area contributed by atoms with Crippen LogP contribution in [0.15, 0.2) is 61.2 Å². The third-order valence-corrected chi connectivity index (χ3v) is 2.76. The molecule has 0 atom stereocenters. The number of benzene rings is 2. The Kier molecular flexibility index (Phi) is 60.3. The summed E-state index contributed by atoms with van der Waals surface area (Å²) in [5.41, 5.74) is 4.60. The van der Waals surface area contributed by atoms with Crippen LogP contribution in [0.3, 0.4) is 0 Å². The average Bonchev–Trinajstić information content (AvgIpc) is 3.21. The second-order valence-electron chi connectivity index (χ2n) is 4.77. The number of para-hydroxylation sites is 4. The van der Waals surface area contributed by atoms with Gasteiger partial charge in [-0.3, -0.25) is 16.8 Å². The van der Waals surface area contributed by atoms with Crippen molar-refractivity contribution >= 4 is 42.9 Å². The van der Waals surface area contributed by atoms with Gasteiger partial charge in [0.2, 0.25) is 12.7 Å². The fraction of sp³-hybridized carbons (Fsp3) is 0. The first kappa shape index (κ1) is 70.6. The fourth-order valence-corrected chi connectivity index (χ4v) is 1.85. The summed E-state index contributed by atoms with van der Waals surface area (Å²) >= 11 is 0. The number of aromatic nitrogens is 4. The van der Waals surface area contributed by atoms with Crippen LogP contribution in [0.1, 0.15) is 0 Å². The Hall–Kier alpha value is -2.76. The molecule has 2 aromatic heterocycles. The van der Waals surface area contributed by atoms with E-state index in [0.29, 0.717) is 0 Å². The van der Waals surface area contributed by atoms with Gasteiger partial charge in [0.25, 0.3) is 0 Å². The molecule has 2 aromatic carbocycles. The zero-order valence-corrected chi connectivity index (χ0v) is 22.0. The Morgan fingerprint density at radius 1 is 0.513 bits per heavy atom. The normalized spacial score (nSPS) is 7.69. The van der Waals surface area contributed by atoms with Crippen LogP contribution in [0, 0.1) is 0 Å². The predicted molar refractivity (Wildman–Crippen MR) is 132 cm³/mol. The summed E-state index contributed by atoms with van der Waals surface area (Å²) in [4.78, 5) is 12.3. The number of hydrogen-bond donors (Lipinski definition) is 2. The van der Waals surface area contributed by atoms with Crippen molar-refractivity contribution in [1.82, 2.24) is 9.97 Å². The molecule has 2 heterocycles. The molecule has 0 aliphatic heterocycles. The molecule has 0 saturated heterocycles. The number of rotatable bonds is 0. The smallest absolute Gasteiger partial charge is 0.759 e. The van der Waals surface area contributed by atoms with Gasteiger partial charge in [-0.2, -0.15) is 0 Å². The van der Waals surface area contributed by atoms with Crippen molar-refractivity contribution in [2.75, 3.05) is 0 Å². The van der Waals surface area contributed by atoms with Crippen LogP contribution in [-0.4, -0.2) is 77.9 Å². The van der Waals surface area contributed by atoms with Gasteiger partial charge in [-0.1, -0.05) is 24.3 Å². The van der Waals surface area contributed by atoms with Crippen LogP contribution < -0.4 is 9.97 Å². The minimum absolute atomic E-state index is 0. The standard InChI is InChI=1S/2C7H6N2.Cu.2H2O4S.10H2O/c2*1-2-4-7-6(3-1)8-5-9-7;;2*1-5(2,3)4;;;;;;;;;;/h2*1-5H,(H,8,9);;2*(H2,1,2,3,4);10*1H2/q;;+2;;;;;;;;;;;;/p+2. The maximum atomic E-state index is 8.52. The molecule has 0 saturated carbocycles. The summed E-state index contributed by atoms with van der Waals surface area (Å²) in [5.74, 6) is 0. The molecule has 4 rings (SSSR count). The number of fused-ring (bicyclic) bond motifs is 2.